The van der Waals surface area contributed by atoms with E-state index in [2.05, 4.69) is 21.2 Å². The zero-order valence-corrected chi connectivity index (χ0v) is 15.5. The van der Waals surface area contributed by atoms with Gasteiger partial charge in [0.1, 0.15) is 5.92 Å². The molecule has 1 atom stereocenters. The van der Waals surface area contributed by atoms with Crippen molar-refractivity contribution in [1.29, 1.82) is 0 Å². The molecule has 134 valence electrons. The summed E-state index contributed by atoms with van der Waals surface area (Å²) in [7, 11) is 0. The number of carbonyl (C=O) groups is 2. The van der Waals surface area contributed by atoms with E-state index in [1.807, 2.05) is 42.5 Å². The first-order valence-corrected chi connectivity index (χ1v) is 9.14. The monoisotopic (exact) mass is 416 g/mol. The van der Waals surface area contributed by atoms with Gasteiger partial charge in [0, 0.05) is 23.2 Å². The second-order valence-corrected chi connectivity index (χ2v) is 7.13. The highest BCUT2D eigenvalue weighted by Crippen LogP contribution is 2.32. The molecule has 0 bridgehead atoms. The average molecular weight is 417 g/mol. The van der Waals surface area contributed by atoms with Crippen molar-refractivity contribution in [3.63, 3.8) is 0 Å². The van der Waals surface area contributed by atoms with Gasteiger partial charge in [-0.25, -0.2) is 0 Å². The average Bonchev–Trinajstić information content (AvgIpc) is 3.25. The summed E-state index contributed by atoms with van der Waals surface area (Å²) in [6.45, 7) is 1.10. The Morgan fingerprint density at radius 2 is 2.04 bits per heavy atom. The fraction of sp³-hybridized carbons (Fsp3) is 0.263. The van der Waals surface area contributed by atoms with Crippen LogP contribution < -0.4 is 19.7 Å². The van der Waals surface area contributed by atoms with Gasteiger partial charge in [0.2, 0.25) is 18.6 Å². The Balaban J connectivity index is 1.39. The van der Waals surface area contributed by atoms with Crippen molar-refractivity contribution in [2.75, 3.05) is 18.2 Å². The number of anilines is 1. The van der Waals surface area contributed by atoms with Crippen molar-refractivity contribution in [3.8, 4) is 11.5 Å². The highest BCUT2D eigenvalue weighted by Gasteiger charge is 2.37. The third kappa shape index (κ3) is 3.26. The fourth-order valence-corrected chi connectivity index (χ4v) is 3.57. The summed E-state index contributed by atoms with van der Waals surface area (Å²) < 4.78 is 11.5. The van der Waals surface area contributed by atoms with Crippen molar-refractivity contribution in [1.82, 2.24) is 5.32 Å². The maximum absolute atomic E-state index is 12.6. The highest BCUT2D eigenvalue weighted by atomic mass is 79.9. The van der Waals surface area contributed by atoms with Crippen LogP contribution in [0.15, 0.2) is 46.9 Å². The topological polar surface area (TPSA) is 67.9 Å². The normalized spacial score (nSPS) is 18.3. The Bertz CT molecular complexity index is 870. The van der Waals surface area contributed by atoms with E-state index in [0.717, 1.165) is 15.7 Å². The van der Waals surface area contributed by atoms with Crippen molar-refractivity contribution in [3.05, 3.63) is 52.5 Å². The molecule has 1 saturated heterocycles. The summed E-state index contributed by atoms with van der Waals surface area (Å²) in [5.41, 5.74) is 1.70. The SMILES string of the molecule is O=C(NCc1ccc2c(c1)OCO2)[C@@H]1CCN(c2cccc(Br)c2)C1=O. The molecule has 2 aliphatic rings. The lowest BCUT2D eigenvalue weighted by Crippen LogP contribution is -2.36. The third-order valence-electron chi connectivity index (χ3n) is 4.55. The zero-order chi connectivity index (χ0) is 18.1. The molecule has 0 radical (unpaired) electrons. The van der Waals surface area contributed by atoms with E-state index >= 15 is 0 Å². The van der Waals surface area contributed by atoms with Crippen LogP contribution in [0.1, 0.15) is 12.0 Å². The van der Waals surface area contributed by atoms with Crippen LogP contribution in [0.5, 0.6) is 11.5 Å². The summed E-state index contributed by atoms with van der Waals surface area (Å²) in [6.07, 6.45) is 0.512. The molecular formula is C19H17BrN2O4. The van der Waals surface area contributed by atoms with E-state index in [0.29, 0.717) is 31.0 Å². The minimum Gasteiger partial charge on any atom is -0.454 e. The molecule has 0 spiro atoms. The zero-order valence-electron chi connectivity index (χ0n) is 13.9. The number of halogens is 1. The van der Waals surface area contributed by atoms with E-state index in [9.17, 15) is 9.59 Å². The number of ether oxygens (including phenoxy) is 2. The molecule has 0 aromatic heterocycles. The van der Waals surface area contributed by atoms with Gasteiger partial charge in [-0.2, -0.15) is 0 Å². The lowest BCUT2D eigenvalue weighted by Gasteiger charge is -2.17. The lowest BCUT2D eigenvalue weighted by molar-refractivity contribution is -0.132. The molecule has 26 heavy (non-hydrogen) atoms. The first kappa shape index (κ1) is 16.9. The lowest BCUT2D eigenvalue weighted by atomic mass is 10.1. The first-order valence-electron chi connectivity index (χ1n) is 8.35. The highest BCUT2D eigenvalue weighted by molar-refractivity contribution is 9.10. The van der Waals surface area contributed by atoms with Gasteiger partial charge in [0.05, 0.1) is 0 Å². The van der Waals surface area contributed by atoms with E-state index in [-0.39, 0.29) is 18.6 Å². The van der Waals surface area contributed by atoms with Gasteiger partial charge in [-0.1, -0.05) is 28.1 Å². The van der Waals surface area contributed by atoms with Gasteiger partial charge in [-0.05, 0) is 42.3 Å². The van der Waals surface area contributed by atoms with Crippen LogP contribution in [-0.2, 0) is 16.1 Å². The molecule has 7 heteroatoms. The van der Waals surface area contributed by atoms with Crippen molar-refractivity contribution >= 4 is 33.4 Å². The quantitative estimate of drug-likeness (QED) is 0.778. The van der Waals surface area contributed by atoms with E-state index in [4.69, 9.17) is 9.47 Å². The molecule has 1 fully saturated rings. The number of benzene rings is 2. The first-order chi connectivity index (χ1) is 12.6. The second-order valence-electron chi connectivity index (χ2n) is 6.22. The van der Waals surface area contributed by atoms with Crippen LogP contribution in [-0.4, -0.2) is 25.2 Å². The van der Waals surface area contributed by atoms with Crippen LogP contribution in [0.4, 0.5) is 5.69 Å². The third-order valence-corrected chi connectivity index (χ3v) is 5.04. The van der Waals surface area contributed by atoms with Gasteiger partial charge in [-0.3, -0.25) is 9.59 Å². The molecule has 2 aromatic rings. The number of carbonyl (C=O) groups excluding carboxylic acids is 2. The summed E-state index contributed by atoms with van der Waals surface area (Å²) in [6, 6.07) is 13.1. The van der Waals surface area contributed by atoms with Crippen LogP contribution >= 0.6 is 15.9 Å². The standard InChI is InChI=1S/C19H17BrN2O4/c20-13-2-1-3-14(9-13)22-7-6-15(19(22)24)18(23)21-10-12-4-5-16-17(8-12)26-11-25-16/h1-5,8-9,15H,6-7,10-11H2,(H,21,23)/t15-/m0/s1. The van der Waals surface area contributed by atoms with Gasteiger partial charge in [-0.15, -0.1) is 0 Å². The van der Waals surface area contributed by atoms with Crippen LogP contribution in [0.3, 0.4) is 0 Å². The van der Waals surface area contributed by atoms with Gasteiger partial charge in [0.15, 0.2) is 11.5 Å². The number of amides is 2. The fourth-order valence-electron chi connectivity index (χ4n) is 3.19. The summed E-state index contributed by atoms with van der Waals surface area (Å²) in [4.78, 5) is 26.8. The minimum absolute atomic E-state index is 0.161. The molecule has 6 nitrogen and oxygen atoms in total. The van der Waals surface area contributed by atoms with E-state index in [1.54, 1.807) is 4.90 Å². The molecule has 0 aliphatic carbocycles. The molecule has 2 amide bonds. The predicted octanol–water partition coefficient (Wildman–Crippen LogP) is 2.85. The van der Waals surface area contributed by atoms with Gasteiger partial charge < -0.3 is 19.7 Å². The minimum atomic E-state index is -0.650. The molecule has 4 rings (SSSR count). The maximum Gasteiger partial charge on any atom is 0.239 e. The number of nitrogens with one attached hydrogen (secondary N) is 1. The Morgan fingerprint density at radius 3 is 2.88 bits per heavy atom. The molecule has 2 aliphatic heterocycles. The van der Waals surface area contributed by atoms with Crippen LogP contribution in [0.2, 0.25) is 0 Å². The van der Waals surface area contributed by atoms with Crippen molar-refractivity contribution in [2.45, 2.75) is 13.0 Å². The Labute approximate surface area is 159 Å². The Kier molecular flexibility index (Phi) is 4.55. The van der Waals surface area contributed by atoms with Gasteiger partial charge >= 0.3 is 0 Å². The van der Waals surface area contributed by atoms with Crippen molar-refractivity contribution < 1.29 is 19.1 Å². The molecule has 1 N–H and O–H groups in total. The molecule has 2 heterocycles. The number of fused-ring (bicyclic) bond motifs is 1. The second kappa shape index (κ2) is 6.99. The number of hydrogen-bond donors (Lipinski definition) is 1. The molecule has 0 saturated carbocycles. The van der Waals surface area contributed by atoms with E-state index < -0.39 is 5.92 Å². The Morgan fingerprint density at radius 1 is 1.19 bits per heavy atom. The molecular weight excluding hydrogens is 400 g/mol. The molecule has 0 unspecified atom stereocenters. The summed E-state index contributed by atoms with van der Waals surface area (Å²) in [5.74, 6) is 0.324. The summed E-state index contributed by atoms with van der Waals surface area (Å²) >= 11 is 3.41. The van der Waals surface area contributed by atoms with Crippen LogP contribution in [0.25, 0.3) is 0 Å². The largest absolute Gasteiger partial charge is 0.454 e. The smallest absolute Gasteiger partial charge is 0.239 e. The molecule has 2 aromatic carbocycles. The van der Waals surface area contributed by atoms with Gasteiger partial charge in [0.25, 0.3) is 0 Å². The number of nitrogens with zero attached hydrogens (tertiary/aromatic N) is 1. The number of rotatable bonds is 4. The van der Waals surface area contributed by atoms with Crippen molar-refractivity contribution in [2.24, 2.45) is 5.92 Å². The predicted molar refractivity (Wildman–Crippen MR) is 99.0 cm³/mol. The summed E-state index contributed by atoms with van der Waals surface area (Å²) in [5, 5.41) is 2.85. The van der Waals surface area contributed by atoms with E-state index in [1.165, 1.54) is 0 Å². The Hall–Kier alpha value is -2.54. The van der Waals surface area contributed by atoms with Crippen LogP contribution in [0, 0.1) is 5.92 Å². The number of hydrogen-bond acceptors (Lipinski definition) is 4. The maximum atomic E-state index is 12.6.